The maximum absolute atomic E-state index is 13.6. The fourth-order valence-electron chi connectivity index (χ4n) is 1.28. The summed E-state index contributed by atoms with van der Waals surface area (Å²) in [6.45, 7) is 0. The molecule has 1 aromatic carbocycles. The highest BCUT2D eigenvalue weighted by Crippen LogP contribution is 2.26. The van der Waals surface area contributed by atoms with Crippen LogP contribution in [0.3, 0.4) is 0 Å². The van der Waals surface area contributed by atoms with Gasteiger partial charge < -0.3 is 4.74 Å². The zero-order chi connectivity index (χ0) is 13.3. The zero-order valence-electron chi connectivity index (χ0n) is 9.84. The highest BCUT2D eigenvalue weighted by molar-refractivity contribution is 8.22. The second kappa shape index (κ2) is 4.06. The number of ether oxygens (including phenoxy) is 1. The molecular formula is C10H15FO4S2. The van der Waals surface area contributed by atoms with Gasteiger partial charge in [0.05, 0.1) is 12.0 Å². The van der Waals surface area contributed by atoms with Crippen LogP contribution in [0.4, 0.5) is 3.89 Å². The van der Waals surface area contributed by atoms with Crippen molar-refractivity contribution in [3.05, 3.63) is 24.3 Å². The number of methoxy groups -OCH3 is 1. The Balaban J connectivity index is 3.11. The fourth-order valence-corrected chi connectivity index (χ4v) is 5.84. The lowest BCUT2D eigenvalue weighted by atomic mass is 10.3. The first-order valence-electron chi connectivity index (χ1n) is 4.69. The van der Waals surface area contributed by atoms with Crippen LogP contribution < -0.4 is 4.74 Å². The van der Waals surface area contributed by atoms with Crippen molar-refractivity contribution >= 4 is 19.3 Å². The lowest BCUT2D eigenvalue weighted by Gasteiger charge is -2.22. The zero-order valence-corrected chi connectivity index (χ0v) is 11.5. The van der Waals surface area contributed by atoms with Crippen molar-refractivity contribution in [2.75, 3.05) is 24.7 Å². The molecule has 0 aromatic heterocycles. The molecule has 0 heterocycles. The van der Waals surface area contributed by atoms with E-state index in [1.165, 1.54) is 31.4 Å². The molecule has 1 rings (SSSR count). The number of sulfone groups is 1. The average molecular weight is 282 g/mol. The largest absolute Gasteiger partial charge is 0.497 e. The Morgan fingerprint density at radius 3 is 2.06 bits per heavy atom. The minimum Gasteiger partial charge on any atom is -0.497 e. The van der Waals surface area contributed by atoms with Crippen LogP contribution in [0.1, 0.15) is 0 Å². The Kier molecular flexibility index (Phi) is 3.37. The van der Waals surface area contributed by atoms with Crippen molar-refractivity contribution in [3.8, 4) is 5.75 Å². The molecule has 0 amide bonds. The minimum absolute atomic E-state index is 0.0708. The van der Waals surface area contributed by atoms with Crippen LogP contribution in [0.5, 0.6) is 5.75 Å². The summed E-state index contributed by atoms with van der Waals surface area (Å²) in [7, 11) is -7.03. The normalized spacial score (nSPS) is 14.9. The van der Waals surface area contributed by atoms with E-state index in [1.54, 1.807) is 0 Å². The summed E-state index contributed by atoms with van der Waals surface area (Å²) in [5.74, 6) is 0.495. The smallest absolute Gasteiger partial charge is 0.190 e. The number of rotatable bonds is 4. The number of benzene rings is 1. The standard InChI is InChI=1S/C10H15FO4S2/c1-15-9-4-6-10(7-5-9)16(12,13)8-17(2,3,11)14/h4-7H,8H2,1-3H3. The third kappa shape index (κ3) is 4.43. The SMILES string of the molecule is COc1ccc(S(=O)(=O)CS(C)(C)(=O)F)cc1. The second-order valence-electron chi connectivity index (χ2n) is 4.33. The van der Waals surface area contributed by atoms with Gasteiger partial charge in [0.25, 0.3) is 0 Å². The van der Waals surface area contributed by atoms with Crippen LogP contribution in [-0.2, 0) is 19.3 Å². The maximum Gasteiger partial charge on any atom is 0.190 e. The van der Waals surface area contributed by atoms with E-state index >= 15 is 0 Å². The lowest BCUT2D eigenvalue weighted by molar-refractivity contribution is 0.414. The molecule has 98 valence electrons. The van der Waals surface area contributed by atoms with Crippen molar-refractivity contribution < 1.29 is 21.2 Å². The molecule has 0 fully saturated rings. The van der Waals surface area contributed by atoms with Gasteiger partial charge in [0.15, 0.2) is 9.84 Å². The summed E-state index contributed by atoms with van der Waals surface area (Å²) in [5, 5.41) is -1.00. The monoisotopic (exact) mass is 282 g/mol. The molecule has 0 saturated heterocycles. The highest BCUT2D eigenvalue weighted by atomic mass is 32.3. The van der Waals surface area contributed by atoms with Crippen LogP contribution in [0.15, 0.2) is 29.2 Å². The van der Waals surface area contributed by atoms with Crippen LogP contribution >= 0.6 is 0 Å². The maximum atomic E-state index is 13.6. The number of halogens is 1. The molecule has 4 nitrogen and oxygen atoms in total. The van der Waals surface area contributed by atoms with Gasteiger partial charge in [-0.15, -0.1) is 0 Å². The minimum atomic E-state index is -4.59. The molecule has 0 saturated carbocycles. The molecule has 0 bridgehead atoms. The van der Waals surface area contributed by atoms with E-state index in [0.29, 0.717) is 5.75 Å². The van der Waals surface area contributed by atoms with Gasteiger partial charge in [-0.2, -0.15) is 3.89 Å². The topological polar surface area (TPSA) is 60.4 Å². The molecule has 0 spiro atoms. The summed E-state index contributed by atoms with van der Waals surface area (Å²) >= 11 is 0. The van der Waals surface area contributed by atoms with Crippen molar-refractivity contribution in [1.29, 1.82) is 0 Å². The first-order valence-corrected chi connectivity index (χ1v) is 9.19. The van der Waals surface area contributed by atoms with Crippen molar-refractivity contribution in [2.24, 2.45) is 0 Å². The summed E-state index contributed by atoms with van der Waals surface area (Å²) in [4.78, 5) is -0.0708. The lowest BCUT2D eigenvalue weighted by Crippen LogP contribution is -2.32. The van der Waals surface area contributed by atoms with Crippen LogP contribution in [0.2, 0.25) is 0 Å². The summed E-state index contributed by atoms with van der Waals surface area (Å²) in [6.07, 6.45) is 1.64. The number of hydrogen-bond donors (Lipinski definition) is 0. The molecule has 0 aliphatic heterocycles. The molecule has 17 heavy (non-hydrogen) atoms. The van der Waals surface area contributed by atoms with Gasteiger partial charge in [-0.25, -0.2) is 8.42 Å². The van der Waals surface area contributed by atoms with Crippen LogP contribution in [-0.4, -0.2) is 37.3 Å². The van der Waals surface area contributed by atoms with Crippen molar-refractivity contribution in [2.45, 2.75) is 4.90 Å². The Hall–Kier alpha value is -0.950. The summed E-state index contributed by atoms with van der Waals surface area (Å²) < 4.78 is 53.5. The predicted octanol–water partition coefficient (Wildman–Crippen LogP) is 1.39. The molecule has 0 atom stereocenters. The third-order valence-corrected chi connectivity index (χ3v) is 6.76. The van der Waals surface area contributed by atoms with Crippen molar-refractivity contribution in [1.82, 2.24) is 0 Å². The van der Waals surface area contributed by atoms with Gasteiger partial charge in [0.2, 0.25) is 0 Å². The van der Waals surface area contributed by atoms with Gasteiger partial charge >= 0.3 is 0 Å². The van der Waals surface area contributed by atoms with Gasteiger partial charge in [0, 0.05) is 22.0 Å². The van der Waals surface area contributed by atoms with E-state index in [2.05, 4.69) is 0 Å². The van der Waals surface area contributed by atoms with Crippen molar-refractivity contribution in [3.63, 3.8) is 0 Å². The van der Waals surface area contributed by atoms with E-state index in [4.69, 9.17) is 4.74 Å². The molecular weight excluding hydrogens is 267 g/mol. The summed E-state index contributed by atoms with van der Waals surface area (Å²) in [5.41, 5.74) is 0. The molecule has 7 heteroatoms. The Labute approximate surface area is 100 Å². The summed E-state index contributed by atoms with van der Waals surface area (Å²) in [6, 6.07) is 5.50. The van der Waals surface area contributed by atoms with Gasteiger partial charge in [0.1, 0.15) is 10.8 Å². The first kappa shape index (κ1) is 14.1. The van der Waals surface area contributed by atoms with Crippen LogP contribution in [0.25, 0.3) is 0 Å². The van der Waals surface area contributed by atoms with E-state index in [1.807, 2.05) is 0 Å². The molecule has 0 radical (unpaired) electrons. The fraction of sp³-hybridized carbons (Fsp3) is 0.400. The Morgan fingerprint density at radius 1 is 1.24 bits per heavy atom. The third-order valence-electron chi connectivity index (χ3n) is 1.90. The van der Waals surface area contributed by atoms with Gasteiger partial charge in [-0.3, -0.25) is 4.21 Å². The quantitative estimate of drug-likeness (QED) is 0.783. The molecule has 0 aliphatic carbocycles. The highest BCUT2D eigenvalue weighted by Gasteiger charge is 2.32. The average Bonchev–Trinajstić information content (AvgIpc) is 2.13. The van der Waals surface area contributed by atoms with E-state index < -0.39 is 24.4 Å². The first-order chi connectivity index (χ1) is 7.50. The molecule has 0 N–H and O–H groups in total. The molecule has 1 aromatic rings. The van der Waals surface area contributed by atoms with Crippen LogP contribution in [0, 0.1) is 0 Å². The Bertz CT molecular complexity index is 558. The Morgan fingerprint density at radius 2 is 1.71 bits per heavy atom. The second-order valence-corrected chi connectivity index (χ2v) is 10.8. The van der Waals surface area contributed by atoms with Gasteiger partial charge in [-0.1, -0.05) is 0 Å². The van der Waals surface area contributed by atoms with Gasteiger partial charge in [-0.05, 0) is 24.3 Å². The molecule has 0 unspecified atom stereocenters. The van der Waals surface area contributed by atoms with E-state index in [-0.39, 0.29) is 4.90 Å². The predicted molar refractivity (Wildman–Crippen MR) is 66.1 cm³/mol. The number of hydrogen-bond acceptors (Lipinski definition) is 4. The van der Waals surface area contributed by atoms with E-state index in [9.17, 15) is 16.5 Å². The van der Waals surface area contributed by atoms with E-state index in [0.717, 1.165) is 12.5 Å². The molecule has 0 aliphatic rings.